The molecule has 0 aromatic heterocycles. The fourth-order valence-electron chi connectivity index (χ4n) is 11.1. The van der Waals surface area contributed by atoms with Crippen LogP contribution in [0.1, 0.15) is 401 Å². The first-order valence-corrected chi connectivity index (χ1v) is 35.2. The van der Waals surface area contributed by atoms with Gasteiger partial charge in [0.2, 0.25) is 0 Å². The van der Waals surface area contributed by atoms with Gasteiger partial charge >= 0.3 is 17.9 Å². The highest BCUT2D eigenvalue weighted by Crippen LogP contribution is 2.20. The quantitative estimate of drug-likeness (QED) is 0.0343. The molecule has 0 rings (SSSR count). The van der Waals surface area contributed by atoms with E-state index in [-0.39, 0.29) is 31.1 Å². The van der Waals surface area contributed by atoms with Crippen LogP contribution in [0.4, 0.5) is 0 Å². The molecule has 77 heavy (non-hydrogen) atoms. The third kappa shape index (κ3) is 61.9. The highest BCUT2D eigenvalue weighted by atomic mass is 16.6. The molecular formula is C71H138O6. The Bertz CT molecular complexity index is 1200. The number of esters is 3. The summed E-state index contributed by atoms with van der Waals surface area (Å²) in [4.78, 5) is 38.5. The molecule has 3 atom stereocenters. The fraction of sp³-hybridized carbons (Fsp3) is 0.958. The number of unbranched alkanes of at least 4 members (excludes halogenated alkanes) is 45. The third-order valence-electron chi connectivity index (χ3n) is 17.1. The maximum Gasteiger partial charge on any atom is 0.306 e. The monoisotopic (exact) mass is 1090 g/mol. The molecule has 0 aliphatic rings. The maximum atomic E-state index is 13.0. The zero-order chi connectivity index (χ0) is 56.2. The summed E-state index contributed by atoms with van der Waals surface area (Å²) in [5.41, 5.74) is 0. The van der Waals surface area contributed by atoms with Crippen molar-refractivity contribution >= 4 is 17.9 Å². The van der Waals surface area contributed by atoms with Gasteiger partial charge in [-0.15, -0.1) is 0 Å². The minimum Gasteiger partial charge on any atom is -0.462 e. The van der Waals surface area contributed by atoms with Crippen LogP contribution >= 0.6 is 0 Å². The van der Waals surface area contributed by atoms with Crippen molar-refractivity contribution in [3.63, 3.8) is 0 Å². The number of carbonyl (C=O) groups excluding carboxylic acids is 3. The standard InChI is InChI=1S/C71H138O6/c1-7-66(5)58-52-46-40-34-28-22-16-11-9-10-12-17-24-30-36-42-48-54-60-69(72)75-63-68(77-71(74)62-56-50-44-38-32-26-20-19-23-29-35-41-47-53-59-67(6)8-2)64-76-70(73)61-55-49-43-37-31-25-18-14-13-15-21-27-33-39-45-51-57-65(3)4/h65-68H,7-64H2,1-6H3/t66?,67?,68-/m1/s1. The molecule has 0 saturated heterocycles. The Morgan fingerprint density at radius 3 is 0.675 bits per heavy atom. The third-order valence-corrected chi connectivity index (χ3v) is 17.1. The van der Waals surface area contributed by atoms with E-state index in [0.717, 1.165) is 75.5 Å². The number of carbonyl (C=O) groups is 3. The van der Waals surface area contributed by atoms with E-state index in [0.29, 0.717) is 19.3 Å². The van der Waals surface area contributed by atoms with Crippen molar-refractivity contribution in [2.45, 2.75) is 407 Å². The zero-order valence-electron chi connectivity index (χ0n) is 53.3. The summed E-state index contributed by atoms with van der Waals surface area (Å²) in [6, 6.07) is 0. The van der Waals surface area contributed by atoms with Crippen LogP contribution in [0.25, 0.3) is 0 Å². The van der Waals surface area contributed by atoms with Gasteiger partial charge in [0.1, 0.15) is 13.2 Å². The molecule has 0 amide bonds. The van der Waals surface area contributed by atoms with Crippen molar-refractivity contribution < 1.29 is 28.6 Å². The molecule has 0 bridgehead atoms. The lowest BCUT2D eigenvalue weighted by molar-refractivity contribution is -0.167. The number of hydrogen-bond acceptors (Lipinski definition) is 6. The second-order valence-electron chi connectivity index (χ2n) is 25.5. The Morgan fingerprint density at radius 2 is 0.455 bits per heavy atom. The minimum absolute atomic E-state index is 0.0618. The van der Waals surface area contributed by atoms with Crippen molar-refractivity contribution in [2.75, 3.05) is 13.2 Å². The Hall–Kier alpha value is -1.59. The Labute approximate surface area is 482 Å². The fourth-order valence-corrected chi connectivity index (χ4v) is 11.1. The van der Waals surface area contributed by atoms with E-state index in [2.05, 4.69) is 41.5 Å². The summed E-state index contributed by atoms with van der Waals surface area (Å²) < 4.78 is 17.0. The molecule has 6 nitrogen and oxygen atoms in total. The van der Waals surface area contributed by atoms with Gasteiger partial charge in [0.05, 0.1) is 0 Å². The molecule has 0 aliphatic heterocycles. The number of hydrogen-bond donors (Lipinski definition) is 0. The second kappa shape index (κ2) is 62.0. The summed E-state index contributed by atoms with van der Waals surface area (Å²) in [5.74, 6) is 1.83. The van der Waals surface area contributed by atoms with Crippen molar-refractivity contribution in [2.24, 2.45) is 17.8 Å². The minimum atomic E-state index is -0.765. The molecule has 0 fully saturated rings. The summed E-state index contributed by atoms with van der Waals surface area (Å²) in [5, 5.41) is 0. The van der Waals surface area contributed by atoms with Crippen molar-refractivity contribution in [1.82, 2.24) is 0 Å². The average molecular weight is 1090 g/mol. The predicted molar refractivity (Wildman–Crippen MR) is 335 cm³/mol. The molecule has 0 N–H and O–H groups in total. The van der Waals surface area contributed by atoms with E-state index in [4.69, 9.17) is 14.2 Å². The van der Waals surface area contributed by atoms with Crippen molar-refractivity contribution in [3.05, 3.63) is 0 Å². The molecular weight excluding hydrogens is 949 g/mol. The van der Waals surface area contributed by atoms with Crippen LogP contribution in [-0.4, -0.2) is 37.2 Å². The van der Waals surface area contributed by atoms with Gasteiger partial charge in [0.15, 0.2) is 6.10 Å². The van der Waals surface area contributed by atoms with Gasteiger partial charge in [-0.25, -0.2) is 0 Å². The normalized spacial score (nSPS) is 12.8. The summed E-state index contributed by atoms with van der Waals surface area (Å²) in [7, 11) is 0. The molecule has 0 aromatic rings. The van der Waals surface area contributed by atoms with Gasteiger partial charge in [0.25, 0.3) is 0 Å². The molecule has 2 unspecified atom stereocenters. The molecule has 458 valence electrons. The first-order valence-electron chi connectivity index (χ1n) is 35.2. The van der Waals surface area contributed by atoms with Gasteiger partial charge in [-0.05, 0) is 37.0 Å². The first kappa shape index (κ1) is 75.4. The first-order chi connectivity index (χ1) is 37.7. The summed E-state index contributed by atoms with van der Waals surface area (Å²) >= 11 is 0. The molecule has 6 heteroatoms. The summed E-state index contributed by atoms with van der Waals surface area (Å²) in [6.07, 6.45) is 69.6. The van der Waals surface area contributed by atoms with Gasteiger partial charge in [-0.2, -0.15) is 0 Å². The van der Waals surface area contributed by atoms with Gasteiger partial charge in [0, 0.05) is 19.3 Å². The lowest BCUT2D eigenvalue weighted by Gasteiger charge is -2.18. The number of ether oxygens (including phenoxy) is 3. The van der Waals surface area contributed by atoms with E-state index in [1.165, 1.54) is 283 Å². The largest absolute Gasteiger partial charge is 0.462 e. The van der Waals surface area contributed by atoms with E-state index in [1.807, 2.05) is 0 Å². The van der Waals surface area contributed by atoms with E-state index < -0.39 is 6.10 Å². The molecule has 0 aromatic carbocycles. The molecule has 0 heterocycles. The molecule has 0 spiro atoms. The van der Waals surface area contributed by atoms with Crippen LogP contribution in [0.3, 0.4) is 0 Å². The van der Waals surface area contributed by atoms with Crippen LogP contribution in [-0.2, 0) is 28.6 Å². The average Bonchev–Trinajstić information content (AvgIpc) is 3.42. The molecule has 0 saturated carbocycles. The Kier molecular flexibility index (Phi) is 60.7. The van der Waals surface area contributed by atoms with E-state index in [1.54, 1.807) is 0 Å². The number of rotatable bonds is 64. The van der Waals surface area contributed by atoms with Crippen LogP contribution in [0.5, 0.6) is 0 Å². The highest BCUT2D eigenvalue weighted by molar-refractivity contribution is 5.71. The van der Waals surface area contributed by atoms with Crippen LogP contribution in [0.15, 0.2) is 0 Å². The van der Waals surface area contributed by atoms with Crippen LogP contribution in [0.2, 0.25) is 0 Å². The van der Waals surface area contributed by atoms with Gasteiger partial charge < -0.3 is 14.2 Å². The Balaban J connectivity index is 4.28. The second-order valence-corrected chi connectivity index (χ2v) is 25.5. The van der Waals surface area contributed by atoms with E-state index in [9.17, 15) is 14.4 Å². The van der Waals surface area contributed by atoms with Crippen molar-refractivity contribution in [3.8, 4) is 0 Å². The SMILES string of the molecule is CCC(C)CCCCCCCCCCCCCCCCCCCCC(=O)OC[C@H](COC(=O)CCCCCCCCCCCCCCCCCCC(C)C)OC(=O)CCCCCCCCCCCCCCCCC(C)CC. The zero-order valence-corrected chi connectivity index (χ0v) is 53.3. The lowest BCUT2D eigenvalue weighted by atomic mass is 9.99. The Morgan fingerprint density at radius 1 is 0.260 bits per heavy atom. The smallest absolute Gasteiger partial charge is 0.306 e. The van der Waals surface area contributed by atoms with Crippen molar-refractivity contribution in [1.29, 1.82) is 0 Å². The molecule has 0 aliphatic carbocycles. The predicted octanol–water partition coefficient (Wildman–Crippen LogP) is 23.8. The van der Waals surface area contributed by atoms with Crippen LogP contribution < -0.4 is 0 Å². The van der Waals surface area contributed by atoms with Gasteiger partial charge in [-0.1, -0.05) is 363 Å². The van der Waals surface area contributed by atoms with Gasteiger partial charge in [-0.3, -0.25) is 14.4 Å². The maximum absolute atomic E-state index is 13.0. The summed E-state index contributed by atoms with van der Waals surface area (Å²) in [6.45, 7) is 13.9. The lowest BCUT2D eigenvalue weighted by Crippen LogP contribution is -2.30. The topological polar surface area (TPSA) is 78.9 Å². The highest BCUT2D eigenvalue weighted by Gasteiger charge is 2.20. The van der Waals surface area contributed by atoms with Crippen LogP contribution in [0, 0.1) is 17.8 Å². The molecule has 0 radical (unpaired) electrons. The van der Waals surface area contributed by atoms with E-state index >= 15 is 0 Å².